The first-order valence-electron chi connectivity index (χ1n) is 8.49. The first kappa shape index (κ1) is 19.0. The molecule has 0 bridgehead atoms. The van der Waals surface area contributed by atoms with Gasteiger partial charge in [0.25, 0.3) is 0 Å². The fraction of sp³-hybridized carbons (Fsp3) is 0.706. The molecule has 0 aromatic carbocycles. The summed E-state index contributed by atoms with van der Waals surface area (Å²) in [7, 11) is 1.90. The van der Waals surface area contributed by atoms with E-state index in [9.17, 15) is 0 Å². The molecule has 2 aliphatic rings. The van der Waals surface area contributed by atoms with E-state index in [0.717, 1.165) is 44.6 Å². The van der Waals surface area contributed by atoms with Crippen molar-refractivity contribution >= 4 is 41.3 Å². The molecule has 3 heterocycles. The summed E-state index contributed by atoms with van der Waals surface area (Å²) in [6.45, 7) is 9.00. The van der Waals surface area contributed by atoms with Crippen molar-refractivity contribution < 1.29 is 0 Å². The average Bonchev–Trinajstić information content (AvgIpc) is 2.99. The lowest BCUT2D eigenvalue weighted by atomic mass is 10.0. The molecule has 1 aromatic rings. The Hall–Kier alpha value is -0.340. The Kier molecular flexibility index (Phi) is 7.62. The zero-order valence-electron chi connectivity index (χ0n) is 14.3. The fourth-order valence-corrected chi connectivity index (χ4v) is 4.43. The molecule has 1 unspecified atom stereocenters. The van der Waals surface area contributed by atoms with E-state index in [2.05, 4.69) is 38.5 Å². The van der Waals surface area contributed by atoms with Gasteiger partial charge in [-0.3, -0.25) is 9.89 Å². The van der Waals surface area contributed by atoms with Gasteiger partial charge in [-0.25, -0.2) is 0 Å². The van der Waals surface area contributed by atoms with Crippen LogP contribution in [-0.4, -0.2) is 55.5 Å². The van der Waals surface area contributed by atoms with Gasteiger partial charge in [0.15, 0.2) is 5.96 Å². The number of halogens is 1. The van der Waals surface area contributed by atoms with Gasteiger partial charge in [0, 0.05) is 51.2 Å². The molecule has 0 aliphatic carbocycles. The summed E-state index contributed by atoms with van der Waals surface area (Å²) in [4.78, 5) is 11.0. The number of nitrogens with zero attached hydrogens (tertiary/aromatic N) is 3. The van der Waals surface area contributed by atoms with Crippen LogP contribution in [0.3, 0.4) is 0 Å². The van der Waals surface area contributed by atoms with E-state index in [1.165, 1.54) is 31.4 Å². The molecule has 0 saturated carbocycles. The lowest BCUT2D eigenvalue weighted by molar-refractivity contribution is 0.249. The minimum absolute atomic E-state index is 0. The zero-order chi connectivity index (χ0) is 15.4. The van der Waals surface area contributed by atoms with Gasteiger partial charge in [0.1, 0.15) is 0 Å². The Balaban J connectivity index is 0.00000192. The van der Waals surface area contributed by atoms with Crippen LogP contribution in [0.5, 0.6) is 0 Å². The predicted octanol–water partition coefficient (Wildman–Crippen LogP) is 3.03. The number of aliphatic imine (C=N–C) groups is 1. The Morgan fingerprint density at radius 2 is 2.30 bits per heavy atom. The Bertz CT molecular complexity index is 516. The number of thiophene rings is 1. The third-order valence-corrected chi connectivity index (χ3v) is 5.79. The molecule has 0 radical (unpaired) electrons. The number of fused-ring (bicyclic) bond motifs is 1. The highest BCUT2D eigenvalue weighted by molar-refractivity contribution is 14.0. The van der Waals surface area contributed by atoms with Gasteiger partial charge in [0.2, 0.25) is 0 Å². The summed E-state index contributed by atoms with van der Waals surface area (Å²) in [6.07, 6.45) is 3.85. The quantitative estimate of drug-likeness (QED) is 0.438. The zero-order valence-corrected chi connectivity index (χ0v) is 17.4. The molecular formula is C17H29IN4S. The van der Waals surface area contributed by atoms with E-state index < -0.39 is 0 Å². The highest BCUT2D eigenvalue weighted by atomic mass is 127. The van der Waals surface area contributed by atoms with Crippen molar-refractivity contribution in [1.82, 2.24) is 15.1 Å². The van der Waals surface area contributed by atoms with Crippen LogP contribution in [0, 0.1) is 5.92 Å². The molecule has 1 N–H and O–H groups in total. The van der Waals surface area contributed by atoms with Crippen molar-refractivity contribution in [2.75, 3.05) is 39.8 Å². The number of nitrogens with one attached hydrogen (secondary N) is 1. The maximum Gasteiger partial charge on any atom is 0.193 e. The third-order valence-electron chi connectivity index (χ3n) is 4.77. The van der Waals surface area contributed by atoms with Crippen LogP contribution in [0.1, 0.15) is 30.2 Å². The highest BCUT2D eigenvalue weighted by Gasteiger charge is 2.20. The molecule has 4 nitrogen and oxygen atoms in total. The molecular weight excluding hydrogens is 419 g/mol. The number of hydrogen-bond acceptors (Lipinski definition) is 3. The van der Waals surface area contributed by atoms with E-state index >= 15 is 0 Å². The van der Waals surface area contributed by atoms with E-state index in [0.29, 0.717) is 0 Å². The predicted molar refractivity (Wildman–Crippen MR) is 110 cm³/mol. The second-order valence-electron chi connectivity index (χ2n) is 6.56. The summed E-state index contributed by atoms with van der Waals surface area (Å²) in [5.41, 5.74) is 1.53. The summed E-state index contributed by atoms with van der Waals surface area (Å²) in [5.74, 6) is 1.87. The number of guanidine groups is 1. The second-order valence-corrected chi connectivity index (χ2v) is 7.56. The van der Waals surface area contributed by atoms with Crippen molar-refractivity contribution in [3.8, 4) is 0 Å². The van der Waals surface area contributed by atoms with Crippen molar-refractivity contribution in [2.24, 2.45) is 10.9 Å². The number of rotatable bonds is 3. The van der Waals surface area contributed by atoms with Gasteiger partial charge in [-0.05, 0) is 42.2 Å². The van der Waals surface area contributed by atoms with Crippen molar-refractivity contribution in [1.29, 1.82) is 0 Å². The number of hydrogen-bond donors (Lipinski definition) is 1. The van der Waals surface area contributed by atoms with Gasteiger partial charge >= 0.3 is 0 Å². The largest absolute Gasteiger partial charge is 0.355 e. The molecule has 1 atom stereocenters. The van der Waals surface area contributed by atoms with Gasteiger partial charge in [-0.2, -0.15) is 0 Å². The van der Waals surface area contributed by atoms with Crippen molar-refractivity contribution in [3.05, 3.63) is 21.9 Å². The lowest BCUT2D eigenvalue weighted by Gasteiger charge is -2.34. The Morgan fingerprint density at radius 3 is 3.09 bits per heavy atom. The first-order valence-corrected chi connectivity index (χ1v) is 9.37. The topological polar surface area (TPSA) is 30.9 Å². The van der Waals surface area contributed by atoms with Crippen LogP contribution in [-0.2, 0) is 13.0 Å². The SMILES string of the molecule is CN=C(NCCN1CCc2sccc2C1)N1CCCC(C)C1.I. The normalized spacial score (nSPS) is 22.4. The molecule has 1 aromatic heterocycles. The Morgan fingerprint density at radius 1 is 1.43 bits per heavy atom. The summed E-state index contributed by atoms with van der Waals surface area (Å²) in [6, 6.07) is 2.29. The van der Waals surface area contributed by atoms with E-state index in [-0.39, 0.29) is 24.0 Å². The van der Waals surface area contributed by atoms with Crippen LogP contribution in [0.15, 0.2) is 16.4 Å². The van der Waals surface area contributed by atoms with Crippen LogP contribution in [0.4, 0.5) is 0 Å². The fourth-order valence-electron chi connectivity index (χ4n) is 3.54. The van der Waals surface area contributed by atoms with Crippen LogP contribution in [0.25, 0.3) is 0 Å². The molecule has 3 rings (SSSR count). The second kappa shape index (κ2) is 9.22. The summed E-state index contributed by atoms with van der Waals surface area (Å²) in [5, 5.41) is 5.79. The minimum Gasteiger partial charge on any atom is -0.355 e. The lowest BCUT2D eigenvalue weighted by Crippen LogP contribution is -2.48. The minimum atomic E-state index is 0. The van der Waals surface area contributed by atoms with E-state index in [1.807, 2.05) is 18.4 Å². The summed E-state index contributed by atoms with van der Waals surface area (Å²) < 4.78 is 0. The number of likely N-dealkylation sites (tertiary alicyclic amines) is 1. The van der Waals surface area contributed by atoms with Crippen LogP contribution < -0.4 is 5.32 Å². The van der Waals surface area contributed by atoms with Gasteiger partial charge in [0.05, 0.1) is 0 Å². The summed E-state index contributed by atoms with van der Waals surface area (Å²) >= 11 is 1.91. The molecule has 0 amide bonds. The standard InChI is InChI=1S/C17H28N4S.HI/c1-14-4-3-8-21(12-14)17(18-2)19-7-10-20-9-5-16-15(13-20)6-11-22-16;/h6,11,14H,3-5,7-10,12-13H2,1-2H3,(H,18,19);1H. The molecule has 130 valence electrons. The van der Waals surface area contributed by atoms with Crippen molar-refractivity contribution in [3.63, 3.8) is 0 Å². The highest BCUT2D eigenvalue weighted by Crippen LogP contribution is 2.23. The molecule has 2 aliphatic heterocycles. The Labute approximate surface area is 161 Å². The first-order chi connectivity index (χ1) is 10.8. The van der Waals surface area contributed by atoms with E-state index in [1.54, 1.807) is 4.88 Å². The molecule has 1 saturated heterocycles. The molecule has 1 fully saturated rings. The van der Waals surface area contributed by atoms with Crippen molar-refractivity contribution in [2.45, 2.75) is 32.7 Å². The van der Waals surface area contributed by atoms with Crippen LogP contribution in [0.2, 0.25) is 0 Å². The van der Waals surface area contributed by atoms with Gasteiger partial charge in [-0.1, -0.05) is 6.92 Å². The average molecular weight is 448 g/mol. The maximum atomic E-state index is 4.47. The molecule has 0 spiro atoms. The van der Waals surface area contributed by atoms with E-state index in [4.69, 9.17) is 0 Å². The van der Waals surface area contributed by atoms with Gasteiger partial charge < -0.3 is 10.2 Å². The smallest absolute Gasteiger partial charge is 0.193 e. The molecule has 23 heavy (non-hydrogen) atoms. The monoisotopic (exact) mass is 448 g/mol. The number of piperidine rings is 1. The third kappa shape index (κ3) is 5.06. The maximum absolute atomic E-state index is 4.47. The molecule has 6 heteroatoms. The van der Waals surface area contributed by atoms with Gasteiger partial charge in [-0.15, -0.1) is 35.3 Å². The van der Waals surface area contributed by atoms with Crippen LogP contribution >= 0.6 is 35.3 Å².